The molecule has 1 unspecified atom stereocenters. The summed E-state index contributed by atoms with van der Waals surface area (Å²) in [6.07, 6.45) is 2.01. The number of rotatable bonds is 8. The highest BCUT2D eigenvalue weighted by atomic mass is 16.5. The molecule has 1 fully saturated rings. The van der Waals surface area contributed by atoms with E-state index in [1.54, 1.807) is 29.6 Å². The van der Waals surface area contributed by atoms with Gasteiger partial charge in [-0.25, -0.2) is 4.98 Å². The molecule has 1 saturated carbocycles. The first kappa shape index (κ1) is 24.3. The van der Waals surface area contributed by atoms with Gasteiger partial charge in [-0.05, 0) is 86.8 Å². The third kappa shape index (κ3) is 4.99. The molecule has 35 heavy (non-hydrogen) atoms. The van der Waals surface area contributed by atoms with Crippen LogP contribution in [0.5, 0.6) is 5.88 Å². The number of aromatic nitrogens is 3. The van der Waals surface area contributed by atoms with E-state index in [4.69, 9.17) is 9.72 Å². The van der Waals surface area contributed by atoms with Gasteiger partial charge in [0, 0.05) is 7.05 Å². The summed E-state index contributed by atoms with van der Waals surface area (Å²) in [4.78, 5) is 30.9. The molecule has 8 heteroatoms. The highest BCUT2D eigenvalue weighted by Gasteiger charge is 2.31. The Labute approximate surface area is 204 Å². The van der Waals surface area contributed by atoms with Crippen molar-refractivity contribution in [1.82, 2.24) is 14.8 Å². The lowest BCUT2D eigenvalue weighted by Crippen LogP contribution is -2.26. The minimum Gasteiger partial charge on any atom is -0.481 e. The molecule has 0 spiro atoms. The van der Waals surface area contributed by atoms with Gasteiger partial charge >= 0.3 is 11.9 Å². The maximum atomic E-state index is 13.3. The summed E-state index contributed by atoms with van der Waals surface area (Å²) in [5.74, 6) is 5.16. The van der Waals surface area contributed by atoms with Gasteiger partial charge in [0.1, 0.15) is 11.9 Å². The van der Waals surface area contributed by atoms with Crippen LogP contribution in [0.25, 0.3) is 11.0 Å². The molecule has 1 aliphatic carbocycles. The van der Waals surface area contributed by atoms with E-state index in [1.807, 2.05) is 26.0 Å². The third-order valence-corrected chi connectivity index (χ3v) is 6.35. The topological polar surface area (TPSA) is 97.6 Å². The van der Waals surface area contributed by atoms with Crippen LogP contribution in [0.3, 0.4) is 0 Å². The van der Waals surface area contributed by atoms with Gasteiger partial charge in [0.2, 0.25) is 0 Å². The Morgan fingerprint density at radius 1 is 1.26 bits per heavy atom. The summed E-state index contributed by atoms with van der Waals surface area (Å²) in [7, 11) is 1.77. The van der Waals surface area contributed by atoms with Crippen LogP contribution in [0, 0.1) is 25.7 Å². The average Bonchev–Trinajstić information content (AvgIpc) is 3.61. The van der Waals surface area contributed by atoms with Gasteiger partial charge in [-0.2, -0.15) is 0 Å². The Hall–Kier alpha value is -3.86. The van der Waals surface area contributed by atoms with E-state index in [0.29, 0.717) is 29.2 Å². The number of nitrogens with zero attached hydrogens (tertiary/aromatic N) is 4. The van der Waals surface area contributed by atoms with Gasteiger partial charge in [-0.3, -0.25) is 19.2 Å². The number of amides is 1. The van der Waals surface area contributed by atoms with Crippen molar-refractivity contribution in [3.8, 4) is 17.7 Å². The smallest absolute Gasteiger partial charge is 0.308 e. The maximum Gasteiger partial charge on any atom is 0.308 e. The van der Waals surface area contributed by atoms with Crippen molar-refractivity contribution in [1.29, 1.82) is 0 Å². The van der Waals surface area contributed by atoms with E-state index >= 15 is 0 Å². The van der Waals surface area contributed by atoms with Crippen LogP contribution >= 0.6 is 0 Å². The van der Waals surface area contributed by atoms with E-state index < -0.39 is 12.1 Å². The van der Waals surface area contributed by atoms with Crippen molar-refractivity contribution in [2.45, 2.75) is 65.4 Å². The zero-order valence-electron chi connectivity index (χ0n) is 20.8. The Balaban J connectivity index is 1.85. The molecule has 1 aromatic carbocycles. The highest BCUT2D eigenvalue weighted by Crippen LogP contribution is 2.46. The number of hydrogen-bond donors (Lipinski definition) is 1. The highest BCUT2D eigenvalue weighted by molar-refractivity contribution is 6.11. The second-order valence-corrected chi connectivity index (χ2v) is 9.00. The summed E-state index contributed by atoms with van der Waals surface area (Å²) in [5, 5.41) is 13.6. The molecule has 182 valence electrons. The van der Waals surface area contributed by atoms with Crippen molar-refractivity contribution in [3.05, 3.63) is 41.0 Å². The zero-order valence-corrected chi connectivity index (χ0v) is 20.8. The van der Waals surface area contributed by atoms with Gasteiger partial charge < -0.3 is 9.84 Å². The van der Waals surface area contributed by atoms with Gasteiger partial charge in [0.05, 0.1) is 17.6 Å². The lowest BCUT2D eigenvalue weighted by Gasteiger charge is -2.24. The van der Waals surface area contributed by atoms with Crippen molar-refractivity contribution in [2.75, 3.05) is 4.90 Å². The second-order valence-electron chi connectivity index (χ2n) is 9.00. The Kier molecular flexibility index (Phi) is 6.79. The first-order valence-corrected chi connectivity index (χ1v) is 11.8. The van der Waals surface area contributed by atoms with Gasteiger partial charge in [0.15, 0.2) is 5.52 Å². The SMILES string of the molecule is CC#CC(=O)N(c1ccc2c(n1)c(OC(CC)CC(=O)O)nn2C)c1cc(C)c(C)cc1C1CC1. The number of aliphatic carboxylic acids is 1. The van der Waals surface area contributed by atoms with E-state index in [0.717, 1.165) is 29.7 Å². The number of ether oxygens (including phenoxy) is 1. The first-order valence-electron chi connectivity index (χ1n) is 11.8. The third-order valence-electron chi connectivity index (χ3n) is 6.35. The maximum absolute atomic E-state index is 13.3. The van der Waals surface area contributed by atoms with Crippen LogP contribution in [0.4, 0.5) is 11.5 Å². The van der Waals surface area contributed by atoms with Crippen molar-refractivity contribution >= 4 is 34.4 Å². The van der Waals surface area contributed by atoms with Crippen LogP contribution < -0.4 is 9.64 Å². The number of carbonyl (C=O) groups excluding carboxylic acids is 1. The molecule has 1 amide bonds. The van der Waals surface area contributed by atoms with Crippen molar-refractivity contribution in [3.63, 3.8) is 0 Å². The molecule has 0 bridgehead atoms. The number of aryl methyl sites for hydroxylation is 3. The number of carbonyl (C=O) groups is 2. The largest absolute Gasteiger partial charge is 0.481 e. The van der Waals surface area contributed by atoms with Crippen LogP contribution in [-0.2, 0) is 16.6 Å². The molecule has 2 aromatic heterocycles. The molecule has 0 aliphatic heterocycles. The summed E-state index contributed by atoms with van der Waals surface area (Å²) in [6, 6.07) is 7.82. The molecular weight excluding hydrogens is 444 g/mol. The van der Waals surface area contributed by atoms with Gasteiger partial charge in [-0.15, -0.1) is 5.10 Å². The Bertz CT molecular complexity index is 1360. The van der Waals surface area contributed by atoms with Gasteiger partial charge in [0.25, 0.3) is 5.88 Å². The fraction of sp³-hybridized carbons (Fsp3) is 0.407. The fourth-order valence-electron chi connectivity index (χ4n) is 4.16. The summed E-state index contributed by atoms with van der Waals surface area (Å²) in [6.45, 7) is 7.60. The van der Waals surface area contributed by atoms with E-state index in [9.17, 15) is 14.7 Å². The molecule has 3 aromatic rings. The van der Waals surface area contributed by atoms with E-state index in [2.05, 4.69) is 29.9 Å². The molecular formula is C27H30N4O4. The number of anilines is 2. The Morgan fingerprint density at radius 3 is 2.60 bits per heavy atom. The first-order chi connectivity index (χ1) is 16.7. The van der Waals surface area contributed by atoms with Gasteiger partial charge in [-0.1, -0.05) is 18.9 Å². The number of carboxylic acids is 1. The molecule has 8 nitrogen and oxygen atoms in total. The molecule has 1 aliphatic rings. The standard InChI is InChI=1S/C27H30N4O4/c1-6-8-24(32)31(22-14-17(4)16(3)13-20(22)18-9-10-18)23-12-11-21-26(28-23)27(29-30(21)5)35-19(7-2)15-25(33)34/h11-14,18-19H,7,9-10,15H2,1-5H3,(H,33,34). The second kappa shape index (κ2) is 9.79. The summed E-state index contributed by atoms with van der Waals surface area (Å²) in [5.41, 5.74) is 5.35. The number of hydrogen-bond acceptors (Lipinski definition) is 5. The number of carboxylic acid groups (broad SMARTS) is 1. The lowest BCUT2D eigenvalue weighted by atomic mass is 9.99. The van der Waals surface area contributed by atoms with Crippen LogP contribution in [-0.4, -0.2) is 37.9 Å². The van der Waals surface area contributed by atoms with Crippen LogP contribution in [0.2, 0.25) is 0 Å². The van der Waals surface area contributed by atoms with E-state index in [1.165, 1.54) is 5.56 Å². The molecule has 0 radical (unpaired) electrons. The van der Waals surface area contributed by atoms with Crippen molar-refractivity contribution < 1.29 is 19.4 Å². The van der Waals surface area contributed by atoms with Crippen LogP contribution in [0.15, 0.2) is 24.3 Å². The quantitative estimate of drug-likeness (QED) is 0.472. The van der Waals surface area contributed by atoms with E-state index in [-0.39, 0.29) is 18.2 Å². The minimum absolute atomic E-state index is 0.141. The van der Waals surface area contributed by atoms with Crippen LogP contribution in [0.1, 0.15) is 62.1 Å². The van der Waals surface area contributed by atoms with Crippen molar-refractivity contribution in [2.24, 2.45) is 7.05 Å². The molecule has 0 saturated heterocycles. The minimum atomic E-state index is -0.942. The molecule has 1 N–H and O–H groups in total. The normalized spacial score (nSPS) is 13.7. The predicted molar refractivity (Wildman–Crippen MR) is 134 cm³/mol. The molecule has 2 heterocycles. The summed E-state index contributed by atoms with van der Waals surface area (Å²) >= 11 is 0. The monoisotopic (exact) mass is 474 g/mol. The zero-order chi connectivity index (χ0) is 25.3. The predicted octanol–water partition coefficient (Wildman–Crippen LogP) is 4.78. The number of fused-ring (bicyclic) bond motifs is 1. The summed E-state index contributed by atoms with van der Waals surface area (Å²) < 4.78 is 7.59. The molecule has 4 rings (SSSR count). The number of benzene rings is 1. The lowest BCUT2D eigenvalue weighted by molar-refractivity contribution is -0.138. The Morgan fingerprint density at radius 2 is 1.97 bits per heavy atom. The average molecular weight is 475 g/mol. The number of pyridine rings is 1. The molecule has 1 atom stereocenters. The fourth-order valence-corrected chi connectivity index (χ4v) is 4.16.